The van der Waals surface area contributed by atoms with E-state index in [0.717, 1.165) is 12.8 Å². The van der Waals surface area contributed by atoms with Crippen molar-refractivity contribution in [3.05, 3.63) is 29.8 Å². The number of amides is 2. The molecule has 2 atom stereocenters. The van der Waals surface area contributed by atoms with Crippen molar-refractivity contribution in [2.24, 2.45) is 5.92 Å². The van der Waals surface area contributed by atoms with E-state index in [-0.39, 0.29) is 11.8 Å². The number of carbonyl (C=O) groups excluding carboxylic acids is 2. The number of piperidine rings is 1. The maximum atomic E-state index is 12.8. The molecule has 2 fully saturated rings. The molecule has 128 valence electrons. The van der Waals surface area contributed by atoms with Gasteiger partial charge in [-0.2, -0.15) is 0 Å². The van der Waals surface area contributed by atoms with E-state index in [0.29, 0.717) is 43.1 Å². The van der Waals surface area contributed by atoms with Gasteiger partial charge in [-0.05, 0) is 43.4 Å². The summed E-state index contributed by atoms with van der Waals surface area (Å²) >= 11 is 0. The summed E-state index contributed by atoms with van der Waals surface area (Å²) < 4.78 is 0. The topological polar surface area (TPSA) is 77.9 Å². The van der Waals surface area contributed by atoms with Crippen LogP contribution in [0.15, 0.2) is 24.3 Å². The molecule has 6 nitrogen and oxygen atoms in total. The molecule has 2 aliphatic rings. The highest BCUT2D eigenvalue weighted by molar-refractivity contribution is 6.00. The van der Waals surface area contributed by atoms with Gasteiger partial charge in [0.15, 0.2) is 0 Å². The number of carbonyl (C=O) groups is 3. The van der Waals surface area contributed by atoms with Gasteiger partial charge >= 0.3 is 5.97 Å². The van der Waals surface area contributed by atoms with Crippen LogP contribution >= 0.6 is 0 Å². The van der Waals surface area contributed by atoms with E-state index in [1.165, 1.54) is 4.90 Å². The van der Waals surface area contributed by atoms with Crippen LogP contribution in [0.25, 0.3) is 0 Å². The van der Waals surface area contributed by atoms with Crippen molar-refractivity contribution in [3.63, 3.8) is 0 Å². The third kappa shape index (κ3) is 3.13. The van der Waals surface area contributed by atoms with E-state index < -0.39 is 12.0 Å². The maximum Gasteiger partial charge on any atom is 0.326 e. The minimum Gasteiger partial charge on any atom is -0.480 e. The smallest absolute Gasteiger partial charge is 0.326 e. The quantitative estimate of drug-likeness (QED) is 0.921. The summed E-state index contributed by atoms with van der Waals surface area (Å²) in [5.41, 5.74) is 1.15. The highest BCUT2D eigenvalue weighted by Crippen LogP contribution is 2.27. The number of carboxylic acid groups (broad SMARTS) is 1. The molecule has 2 aliphatic heterocycles. The SMILES string of the molecule is CC1CCN(C(=O)c2cccc(N3CCCC3=O)c2)C(C(=O)O)C1. The number of nitrogens with zero attached hydrogens (tertiary/aromatic N) is 2. The van der Waals surface area contributed by atoms with Crippen LogP contribution in [0.5, 0.6) is 0 Å². The summed E-state index contributed by atoms with van der Waals surface area (Å²) in [5.74, 6) is -0.873. The molecule has 1 aromatic carbocycles. The largest absolute Gasteiger partial charge is 0.480 e. The number of rotatable bonds is 3. The molecular formula is C18H22N2O4. The Morgan fingerprint density at radius 3 is 2.71 bits per heavy atom. The number of carboxylic acids is 1. The molecule has 2 heterocycles. The number of likely N-dealkylation sites (tertiary alicyclic amines) is 1. The zero-order valence-corrected chi connectivity index (χ0v) is 13.8. The van der Waals surface area contributed by atoms with Gasteiger partial charge in [0.2, 0.25) is 5.91 Å². The Morgan fingerprint density at radius 2 is 2.04 bits per heavy atom. The molecule has 0 radical (unpaired) electrons. The van der Waals surface area contributed by atoms with Crippen molar-refractivity contribution in [1.29, 1.82) is 0 Å². The monoisotopic (exact) mass is 330 g/mol. The van der Waals surface area contributed by atoms with Crippen molar-refractivity contribution < 1.29 is 19.5 Å². The minimum absolute atomic E-state index is 0.0646. The Hall–Kier alpha value is -2.37. The number of benzene rings is 1. The first-order valence-corrected chi connectivity index (χ1v) is 8.41. The van der Waals surface area contributed by atoms with Crippen LogP contribution in [-0.2, 0) is 9.59 Å². The van der Waals surface area contributed by atoms with Gasteiger partial charge in [0.05, 0.1) is 0 Å². The van der Waals surface area contributed by atoms with Gasteiger partial charge in [0, 0.05) is 30.8 Å². The molecule has 6 heteroatoms. The molecule has 3 rings (SSSR count). The Balaban J connectivity index is 1.84. The second kappa shape index (κ2) is 6.63. The summed E-state index contributed by atoms with van der Waals surface area (Å²) in [6.45, 7) is 3.12. The van der Waals surface area contributed by atoms with Gasteiger partial charge in [0.25, 0.3) is 5.91 Å². The summed E-state index contributed by atoms with van der Waals surface area (Å²) in [6.07, 6.45) is 2.64. The molecule has 0 aliphatic carbocycles. The van der Waals surface area contributed by atoms with Crippen LogP contribution < -0.4 is 4.90 Å². The first-order valence-electron chi connectivity index (χ1n) is 8.41. The van der Waals surface area contributed by atoms with E-state index in [2.05, 4.69) is 0 Å². The van der Waals surface area contributed by atoms with Crippen LogP contribution in [-0.4, -0.2) is 46.9 Å². The predicted molar refractivity (Wildman–Crippen MR) is 88.9 cm³/mol. The highest BCUT2D eigenvalue weighted by Gasteiger charge is 2.35. The molecule has 2 amide bonds. The molecular weight excluding hydrogens is 308 g/mol. The number of hydrogen-bond acceptors (Lipinski definition) is 3. The lowest BCUT2D eigenvalue weighted by Crippen LogP contribution is -2.49. The standard InChI is InChI=1S/C18H22N2O4/c1-12-7-9-20(15(10-12)18(23)24)17(22)13-4-2-5-14(11-13)19-8-3-6-16(19)21/h2,4-5,11-12,15H,3,6-10H2,1H3,(H,23,24). The Labute approximate surface area is 141 Å². The van der Waals surface area contributed by atoms with E-state index in [9.17, 15) is 19.5 Å². The second-order valence-electron chi connectivity index (χ2n) is 6.68. The van der Waals surface area contributed by atoms with Crippen molar-refractivity contribution in [1.82, 2.24) is 4.90 Å². The molecule has 0 bridgehead atoms. The van der Waals surface area contributed by atoms with E-state index >= 15 is 0 Å². The van der Waals surface area contributed by atoms with Gasteiger partial charge in [-0.15, -0.1) is 0 Å². The molecule has 24 heavy (non-hydrogen) atoms. The van der Waals surface area contributed by atoms with Crippen LogP contribution in [0.2, 0.25) is 0 Å². The average molecular weight is 330 g/mol. The summed E-state index contributed by atoms with van der Waals surface area (Å²) in [4.78, 5) is 39.4. The molecule has 2 saturated heterocycles. The van der Waals surface area contributed by atoms with Gasteiger partial charge in [-0.25, -0.2) is 4.79 Å². The molecule has 0 saturated carbocycles. The fraction of sp³-hybridized carbons (Fsp3) is 0.500. The van der Waals surface area contributed by atoms with E-state index in [4.69, 9.17) is 0 Å². The second-order valence-corrected chi connectivity index (χ2v) is 6.68. The number of aliphatic carboxylic acids is 1. The lowest BCUT2D eigenvalue weighted by molar-refractivity contribution is -0.144. The molecule has 2 unspecified atom stereocenters. The Kier molecular flexibility index (Phi) is 4.55. The lowest BCUT2D eigenvalue weighted by Gasteiger charge is -2.36. The van der Waals surface area contributed by atoms with Gasteiger partial charge in [-0.3, -0.25) is 9.59 Å². The maximum absolute atomic E-state index is 12.8. The first kappa shape index (κ1) is 16.5. The predicted octanol–water partition coefficient (Wildman–Crippen LogP) is 2.14. The fourth-order valence-electron chi connectivity index (χ4n) is 3.51. The van der Waals surface area contributed by atoms with Crippen LogP contribution in [0, 0.1) is 5.92 Å². The van der Waals surface area contributed by atoms with Gasteiger partial charge < -0.3 is 14.9 Å². The van der Waals surface area contributed by atoms with Crippen LogP contribution in [0.4, 0.5) is 5.69 Å². The normalized spacial score (nSPS) is 24.3. The van der Waals surface area contributed by atoms with Crippen molar-refractivity contribution in [2.45, 2.75) is 38.6 Å². The van der Waals surface area contributed by atoms with E-state index in [1.54, 1.807) is 23.1 Å². The van der Waals surface area contributed by atoms with Crippen LogP contribution in [0.3, 0.4) is 0 Å². The molecule has 0 spiro atoms. The van der Waals surface area contributed by atoms with Crippen LogP contribution in [0.1, 0.15) is 43.0 Å². The van der Waals surface area contributed by atoms with Crippen molar-refractivity contribution in [3.8, 4) is 0 Å². The average Bonchev–Trinajstić information content (AvgIpc) is 3.00. The Morgan fingerprint density at radius 1 is 1.25 bits per heavy atom. The number of hydrogen-bond donors (Lipinski definition) is 1. The van der Waals surface area contributed by atoms with Gasteiger partial charge in [0.1, 0.15) is 6.04 Å². The Bertz CT molecular complexity index is 673. The zero-order valence-electron chi connectivity index (χ0n) is 13.8. The fourth-order valence-corrected chi connectivity index (χ4v) is 3.51. The molecule has 1 N–H and O–H groups in total. The van der Waals surface area contributed by atoms with Crippen molar-refractivity contribution in [2.75, 3.05) is 18.0 Å². The third-order valence-corrected chi connectivity index (χ3v) is 4.89. The third-order valence-electron chi connectivity index (χ3n) is 4.89. The zero-order chi connectivity index (χ0) is 17.3. The van der Waals surface area contributed by atoms with Gasteiger partial charge in [-0.1, -0.05) is 13.0 Å². The van der Waals surface area contributed by atoms with E-state index in [1.807, 2.05) is 13.0 Å². The molecule has 0 aromatic heterocycles. The lowest BCUT2D eigenvalue weighted by atomic mass is 9.92. The summed E-state index contributed by atoms with van der Waals surface area (Å²) in [7, 11) is 0. The first-order chi connectivity index (χ1) is 11.5. The highest BCUT2D eigenvalue weighted by atomic mass is 16.4. The minimum atomic E-state index is -0.958. The summed E-state index contributed by atoms with van der Waals surface area (Å²) in [5, 5.41) is 9.44. The molecule has 1 aromatic rings. The van der Waals surface area contributed by atoms with Crippen molar-refractivity contribution >= 4 is 23.5 Å². The summed E-state index contributed by atoms with van der Waals surface area (Å²) in [6, 6.07) is 6.16. The number of anilines is 1.